The van der Waals surface area contributed by atoms with E-state index in [1.165, 1.54) is 24.3 Å². The van der Waals surface area contributed by atoms with Gasteiger partial charge >= 0.3 is 11.9 Å². The molecule has 2 aliphatic heterocycles. The van der Waals surface area contributed by atoms with Crippen molar-refractivity contribution in [1.82, 2.24) is 4.90 Å². The van der Waals surface area contributed by atoms with E-state index in [2.05, 4.69) is 0 Å². The van der Waals surface area contributed by atoms with Gasteiger partial charge in [-0.3, -0.25) is 14.5 Å². The number of aliphatic carboxylic acids is 1. The van der Waals surface area contributed by atoms with Crippen molar-refractivity contribution in [3.8, 4) is 6.07 Å². The molecule has 8 nitrogen and oxygen atoms in total. The van der Waals surface area contributed by atoms with E-state index >= 15 is 0 Å². The lowest BCUT2D eigenvalue weighted by atomic mass is 9.82. The van der Waals surface area contributed by atoms with Gasteiger partial charge in [0.15, 0.2) is 0 Å². The van der Waals surface area contributed by atoms with Crippen LogP contribution in [-0.2, 0) is 19.1 Å². The van der Waals surface area contributed by atoms with E-state index < -0.39 is 41.3 Å². The number of nitrogens with zero attached hydrogens (tertiary/aromatic N) is 2. The third-order valence-corrected chi connectivity index (χ3v) is 5.66. The predicted molar refractivity (Wildman–Crippen MR) is 95.5 cm³/mol. The molecular formula is C18H14FN3O5S. The lowest BCUT2D eigenvalue weighted by Gasteiger charge is -2.31. The van der Waals surface area contributed by atoms with E-state index in [1.807, 2.05) is 6.07 Å². The molecule has 0 spiro atoms. The molecule has 10 heteroatoms. The minimum absolute atomic E-state index is 0.0179. The molecule has 3 N–H and O–H groups in total. The quantitative estimate of drug-likeness (QED) is 0.721. The smallest absolute Gasteiger partial charge is 0.338 e. The van der Waals surface area contributed by atoms with Gasteiger partial charge in [0.1, 0.15) is 16.9 Å². The summed E-state index contributed by atoms with van der Waals surface area (Å²) in [5.74, 6) is -4.95. The van der Waals surface area contributed by atoms with Crippen molar-refractivity contribution in [2.24, 2.45) is 5.73 Å². The third kappa shape index (κ3) is 2.99. The molecule has 2 unspecified atom stereocenters. The van der Waals surface area contributed by atoms with Crippen LogP contribution in [0.3, 0.4) is 0 Å². The van der Waals surface area contributed by atoms with Crippen molar-refractivity contribution in [3.63, 3.8) is 0 Å². The molecule has 2 atom stereocenters. The summed E-state index contributed by atoms with van der Waals surface area (Å²) in [5, 5.41) is 17.9. The zero-order valence-electron chi connectivity index (χ0n) is 14.5. The van der Waals surface area contributed by atoms with Gasteiger partial charge in [0.05, 0.1) is 41.7 Å². The number of esters is 1. The first-order valence-corrected chi connectivity index (χ1v) is 8.88. The summed E-state index contributed by atoms with van der Waals surface area (Å²) in [7, 11) is 1.10. The van der Waals surface area contributed by atoms with E-state index in [-0.39, 0.29) is 27.6 Å². The Balaban J connectivity index is 2.26. The lowest BCUT2D eigenvalue weighted by molar-refractivity contribution is -0.139. The molecule has 1 fully saturated rings. The molecular weight excluding hydrogens is 389 g/mol. The average molecular weight is 403 g/mol. The summed E-state index contributed by atoms with van der Waals surface area (Å²) in [6.45, 7) is 0. The molecule has 1 aromatic carbocycles. The number of carbonyl (C=O) groups is 3. The highest BCUT2D eigenvalue weighted by atomic mass is 32.2. The number of methoxy groups -OCH3 is 1. The normalized spacial score (nSPS) is 21.5. The number of carboxylic acid groups (broad SMARTS) is 1. The maximum Gasteiger partial charge on any atom is 0.338 e. The van der Waals surface area contributed by atoms with Gasteiger partial charge in [0, 0.05) is 5.56 Å². The van der Waals surface area contributed by atoms with E-state index in [0.29, 0.717) is 0 Å². The summed E-state index contributed by atoms with van der Waals surface area (Å²) < 4.78 is 19.3. The van der Waals surface area contributed by atoms with Crippen LogP contribution in [0.25, 0.3) is 0 Å². The van der Waals surface area contributed by atoms with Gasteiger partial charge in [-0.1, -0.05) is 30.0 Å². The van der Waals surface area contributed by atoms with E-state index in [1.54, 1.807) is 0 Å². The summed E-state index contributed by atoms with van der Waals surface area (Å²) in [5.41, 5.74) is 5.76. The first kappa shape index (κ1) is 19.4. The number of carbonyl (C=O) groups excluding carboxylic acids is 2. The number of halogens is 1. The molecule has 1 aromatic rings. The summed E-state index contributed by atoms with van der Waals surface area (Å²) >= 11 is 0.857. The van der Waals surface area contributed by atoms with Crippen molar-refractivity contribution in [1.29, 1.82) is 5.26 Å². The lowest BCUT2D eigenvalue weighted by Crippen LogP contribution is -2.39. The number of nitriles is 1. The molecule has 0 aliphatic carbocycles. The second-order valence-corrected chi connectivity index (χ2v) is 7.15. The number of thioether (sulfide) groups is 1. The van der Waals surface area contributed by atoms with Crippen molar-refractivity contribution < 1.29 is 28.6 Å². The summed E-state index contributed by atoms with van der Waals surface area (Å²) in [6.07, 6.45) is -0.493. The van der Waals surface area contributed by atoms with Crippen LogP contribution in [-0.4, -0.2) is 40.2 Å². The Labute approximate surface area is 163 Å². The molecule has 1 amide bonds. The molecule has 0 bridgehead atoms. The zero-order chi connectivity index (χ0) is 20.6. The number of hydrogen-bond donors (Lipinski definition) is 2. The van der Waals surface area contributed by atoms with Gasteiger partial charge in [0.2, 0.25) is 5.91 Å². The number of amides is 1. The molecule has 0 radical (unpaired) electrons. The summed E-state index contributed by atoms with van der Waals surface area (Å²) in [6, 6.07) is 7.49. The first-order valence-electron chi connectivity index (χ1n) is 8.00. The fourth-order valence-electron chi connectivity index (χ4n) is 3.18. The SMILES string of the molecule is COC(=O)C1=C(N)N2C(=O)C(CC(=O)O)SC2=C(C#N)C1c1ccccc1F. The van der Waals surface area contributed by atoms with Gasteiger partial charge in [-0.25, -0.2) is 9.18 Å². The van der Waals surface area contributed by atoms with Gasteiger partial charge in [-0.15, -0.1) is 0 Å². The largest absolute Gasteiger partial charge is 0.481 e. The first-order chi connectivity index (χ1) is 13.3. The Morgan fingerprint density at radius 3 is 2.68 bits per heavy atom. The Morgan fingerprint density at radius 1 is 1.43 bits per heavy atom. The van der Waals surface area contributed by atoms with Gasteiger partial charge in [-0.05, 0) is 6.07 Å². The number of allylic oxidation sites excluding steroid dienone is 1. The molecule has 2 heterocycles. The highest BCUT2D eigenvalue weighted by Crippen LogP contribution is 2.50. The van der Waals surface area contributed by atoms with E-state index in [0.717, 1.165) is 23.8 Å². The number of ether oxygens (including phenoxy) is 1. The van der Waals surface area contributed by atoms with E-state index in [9.17, 15) is 24.0 Å². The van der Waals surface area contributed by atoms with Crippen LogP contribution in [0.1, 0.15) is 17.9 Å². The van der Waals surface area contributed by atoms with E-state index in [4.69, 9.17) is 15.6 Å². The molecule has 0 aromatic heterocycles. The van der Waals surface area contributed by atoms with Crippen LogP contribution in [0.4, 0.5) is 4.39 Å². The topological polar surface area (TPSA) is 134 Å². The number of fused-ring (bicyclic) bond motifs is 1. The molecule has 1 saturated heterocycles. The minimum atomic E-state index is -1.20. The van der Waals surface area contributed by atoms with Gasteiger partial charge in [0.25, 0.3) is 0 Å². The monoisotopic (exact) mass is 403 g/mol. The highest BCUT2D eigenvalue weighted by molar-refractivity contribution is 8.04. The Morgan fingerprint density at radius 2 is 2.11 bits per heavy atom. The minimum Gasteiger partial charge on any atom is -0.481 e. The standard InChI is InChI=1S/C18H14FN3O5S/c1-27-18(26)14-13(8-4-2-3-5-10(8)19)9(7-20)17-22(15(14)21)16(25)11(28-17)6-12(23)24/h2-5,11,13H,6,21H2,1H3,(H,23,24). The van der Waals surface area contributed by atoms with Crippen LogP contribution in [0.5, 0.6) is 0 Å². The maximum atomic E-state index is 14.5. The average Bonchev–Trinajstić information content (AvgIpc) is 2.97. The number of carboxylic acids is 1. The molecule has 2 aliphatic rings. The molecule has 28 heavy (non-hydrogen) atoms. The predicted octanol–water partition coefficient (Wildman–Crippen LogP) is 1.42. The Bertz CT molecular complexity index is 997. The molecule has 3 rings (SSSR count). The van der Waals surface area contributed by atoms with Crippen LogP contribution < -0.4 is 5.73 Å². The second-order valence-electron chi connectivity index (χ2n) is 5.95. The number of nitrogens with two attached hydrogens (primary N) is 1. The number of hydrogen-bond acceptors (Lipinski definition) is 7. The van der Waals surface area contributed by atoms with Gasteiger partial charge < -0.3 is 15.6 Å². The van der Waals surface area contributed by atoms with Crippen LogP contribution in [0, 0.1) is 17.1 Å². The Hall–Kier alpha value is -3.32. The molecule has 0 saturated carbocycles. The fourth-order valence-corrected chi connectivity index (χ4v) is 4.47. The highest BCUT2D eigenvalue weighted by Gasteiger charge is 2.48. The maximum absolute atomic E-state index is 14.5. The van der Waals surface area contributed by atoms with Crippen LogP contribution in [0.15, 0.2) is 46.3 Å². The zero-order valence-corrected chi connectivity index (χ0v) is 15.3. The molecule has 144 valence electrons. The van der Waals surface area contributed by atoms with Crippen molar-refractivity contribution in [2.45, 2.75) is 17.6 Å². The fraction of sp³-hybridized carbons (Fsp3) is 0.222. The van der Waals surface area contributed by atoms with Crippen molar-refractivity contribution >= 4 is 29.6 Å². The van der Waals surface area contributed by atoms with Gasteiger partial charge in [-0.2, -0.15) is 5.26 Å². The Kier molecular flexibility index (Phi) is 5.11. The van der Waals surface area contributed by atoms with Crippen LogP contribution in [0.2, 0.25) is 0 Å². The van der Waals surface area contributed by atoms with Crippen molar-refractivity contribution in [2.75, 3.05) is 7.11 Å². The number of benzene rings is 1. The summed E-state index contributed by atoms with van der Waals surface area (Å²) in [4.78, 5) is 37.1. The second kappa shape index (κ2) is 7.36. The van der Waals surface area contributed by atoms with Crippen molar-refractivity contribution in [3.05, 3.63) is 57.6 Å². The third-order valence-electron chi connectivity index (χ3n) is 4.38. The number of rotatable bonds is 4. The van der Waals surface area contributed by atoms with Crippen LogP contribution >= 0.6 is 11.8 Å².